The van der Waals surface area contributed by atoms with Gasteiger partial charge in [0, 0.05) is 0 Å². The van der Waals surface area contributed by atoms with E-state index in [1.54, 1.807) is 25.1 Å². The Morgan fingerprint density at radius 3 is 2.69 bits per heavy atom. The van der Waals surface area contributed by atoms with E-state index in [2.05, 4.69) is 19.9 Å². The number of H-pyrrole nitrogens is 1. The van der Waals surface area contributed by atoms with Crippen molar-refractivity contribution in [3.05, 3.63) is 36.2 Å². The molecule has 0 amide bonds. The summed E-state index contributed by atoms with van der Waals surface area (Å²) >= 11 is 0. The van der Waals surface area contributed by atoms with Crippen molar-refractivity contribution in [3.8, 4) is 0 Å². The van der Waals surface area contributed by atoms with Crippen LogP contribution in [0.2, 0.25) is 0 Å². The molecule has 1 aromatic heterocycles. The van der Waals surface area contributed by atoms with E-state index in [-0.39, 0.29) is 10.8 Å². The molecule has 0 aliphatic carbocycles. The first-order valence-electron chi connectivity index (χ1n) is 4.53. The quantitative estimate of drug-likeness (QED) is 0.832. The van der Waals surface area contributed by atoms with Crippen molar-refractivity contribution in [3.63, 3.8) is 0 Å². The maximum atomic E-state index is 11.9. The molecule has 6 nitrogen and oxygen atoms in total. The first kappa shape index (κ1) is 10.6. The number of aryl methyl sites for hydroxylation is 1. The van der Waals surface area contributed by atoms with Crippen molar-refractivity contribution >= 4 is 16.0 Å². The van der Waals surface area contributed by atoms with Crippen molar-refractivity contribution in [1.82, 2.24) is 15.2 Å². The highest BCUT2D eigenvalue weighted by atomic mass is 32.2. The molecule has 16 heavy (non-hydrogen) atoms. The lowest BCUT2D eigenvalue weighted by Crippen LogP contribution is -2.15. The third-order valence-corrected chi connectivity index (χ3v) is 3.53. The topological polar surface area (TPSA) is 87.7 Å². The Hall–Kier alpha value is -1.89. The Kier molecular flexibility index (Phi) is 2.61. The molecule has 84 valence electrons. The first-order chi connectivity index (χ1) is 7.59. The molecule has 0 spiro atoms. The van der Waals surface area contributed by atoms with Gasteiger partial charge in [-0.2, -0.15) is 10.1 Å². The number of benzene rings is 1. The summed E-state index contributed by atoms with van der Waals surface area (Å²) in [7, 11) is -3.60. The summed E-state index contributed by atoms with van der Waals surface area (Å²) in [6.07, 6.45) is 1.23. The average Bonchev–Trinajstić information content (AvgIpc) is 2.70. The lowest BCUT2D eigenvalue weighted by molar-refractivity contribution is 0.600. The molecule has 0 bridgehead atoms. The smallest absolute Gasteiger partial charge is 0.248 e. The molecule has 0 unspecified atom stereocenters. The summed E-state index contributed by atoms with van der Waals surface area (Å²) in [4.78, 5) is 3.93. The molecule has 0 fully saturated rings. The van der Waals surface area contributed by atoms with Crippen LogP contribution in [-0.2, 0) is 10.0 Å². The van der Waals surface area contributed by atoms with Gasteiger partial charge >= 0.3 is 0 Å². The summed E-state index contributed by atoms with van der Waals surface area (Å²) < 4.78 is 26.1. The minimum Gasteiger partial charge on any atom is -0.248 e. The zero-order chi connectivity index (χ0) is 11.6. The normalized spacial score (nSPS) is 11.3. The van der Waals surface area contributed by atoms with Crippen molar-refractivity contribution < 1.29 is 8.42 Å². The lowest BCUT2D eigenvalue weighted by atomic mass is 10.2. The van der Waals surface area contributed by atoms with Crippen LogP contribution in [0, 0.1) is 6.92 Å². The van der Waals surface area contributed by atoms with Crippen LogP contribution in [0.25, 0.3) is 0 Å². The largest absolute Gasteiger partial charge is 0.264 e. The standard InChI is InChI=1S/C9H10N4O2S/c1-7-4-2-3-5-8(7)16(14,15)13-9-10-6-11-12-9/h2-6H,1H3,(H2,10,11,12,13). The molecule has 0 saturated carbocycles. The predicted octanol–water partition coefficient (Wildman–Crippen LogP) is 0.914. The molecule has 0 aliphatic heterocycles. The van der Waals surface area contributed by atoms with Gasteiger partial charge in [0.25, 0.3) is 10.0 Å². The third-order valence-electron chi connectivity index (χ3n) is 2.03. The number of rotatable bonds is 3. The molecule has 1 heterocycles. The van der Waals surface area contributed by atoms with Crippen molar-refractivity contribution in [2.75, 3.05) is 4.72 Å². The number of aromatic nitrogens is 3. The van der Waals surface area contributed by atoms with Gasteiger partial charge in [-0.05, 0) is 18.6 Å². The van der Waals surface area contributed by atoms with E-state index in [1.807, 2.05) is 0 Å². The second-order valence-corrected chi connectivity index (χ2v) is 4.86. The first-order valence-corrected chi connectivity index (χ1v) is 6.02. The molecular formula is C9H10N4O2S. The molecule has 0 radical (unpaired) electrons. The second-order valence-electron chi connectivity index (χ2n) is 3.21. The van der Waals surface area contributed by atoms with Gasteiger partial charge < -0.3 is 0 Å². The zero-order valence-electron chi connectivity index (χ0n) is 8.51. The highest BCUT2D eigenvalue weighted by Gasteiger charge is 2.17. The lowest BCUT2D eigenvalue weighted by Gasteiger charge is -2.07. The molecule has 0 aliphatic rings. The van der Waals surface area contributed by atoms with Gasteiger partial charge in [-0.25, -0.2) is 18.2 Å². The Bertz CT molecular complexity index is 577. The number of hydrogen-bond acceptors (Lipinski definition) is 4. The Labute approximate surface area is 92.8 Å². The minimum absolute atomic E-state index is 0.100. The van der Waals surface area contributed by atoms with Crippen LogP contribution in [0.3, 0.4) is 0 Å². The van der Waals surface area contributed by atoms with Crippen LogP contribution >= 0.6 is 0 Å². The van der Waals surface area contributed by atoms with Gasteiger partial charge in [-0.3, -0.25) is 0 Å². The number of sulfonamides is 1. The van der Waals surface area contributed by atoms with Crippen LogP contribution in [-0.4, -0.2) is 23.6 Å². The average molecular weight is 238 g/mol. The van der Waals surface area contributed by atoms with E-state index in [1.165, 1.54) is 12.4 Å². The number of nitrogens with zero attached hydrogens (tertiary/aromatic N) is 2. The predicted molar refractivity (Wildman–Crippen MR) is 58.4 cm³/mol. The minimum atomic E-state index is -3.60. The van der Waals surface area contributed by atoms with E-state index in [4.69, 9.17) is 0 Å². The summed E-state index contributed by atoms with van der Waals surface area (Å²) in [5.74, 6) is 0.100. The third kappa shape index (κ3) is 2.03. The van der Waals surface area contributed by atoms with Gasteiger partial charge in [0.05, 0.1) is 4.90 Å². The molecule has 2 aromatic rings. The number of aromatic amines is 1. The van der Waals surface area contributed by atoms with E-state index in [0.717, 1.165) is 0 Å². The highest BCUT2D eigenvalue weighted by molar-refractivity contribution is 7.92. The van der Waals surface area contributed by atoms with Crippen molar-refractivity contribution in [2.45, 2.75) is 11.8 Å². The summed E-state index contributed by atoms with van der Waals surface area (Å²) in [5.41, 5.74) is 0.675. The maximum absolute atomic E-state index is 11.9. The van der Waals surface area contributed by atoms with Gasteiger partial charge in [0.15, 0.2) is 0 Å². The second kappa shape index (κ2) is 3.93. The van der Waals surface area contributed by atoms with Crippen molar-refractivity contribution in [2.24, 2.45) is 0 Å². The van der Waals surface area contributed by atoms with Crippen LogP contribution in [0.5, 0.6) is 0 Å². The van der Waals surface area contributed by atoms with E-state index < -0.39 is 10.0 Å². The fraction of sp³-hybridized carbons (Fsp3) is 0.111. The molecule has 7 heteroatoms. The monoisotopic (exact) mass is 238 g/mol. The van der Waals surface area contributed by atoms with Crippen molar-refractivity contribution in [1.29, 1.82) is 0 Å². The maximum Gasteiger partial charge on any atom is 0.264 e. The van der Waals surface area contributed by atoms with Crippen LogP contribution < -0.4 is 4.72 Å². The number of hydrogen-bond donors (Lipinski definition) is 2. The molecular weight excluding hydrogens is 228 g/mol. The van der Waals surface area contributed by atoms with Crippen LogP contribution in [0.4, 0.5) is 5.95 Å². The molecule has 1 aromatic carbocycles. The fourth-order valence-corrected chi connectivity index (χ4v) is 2.51. The van der Waals surface area contributed by atoms with Gasteiger partial charge in [-0.1, -0.05) is 18.2 Å². The number of anilines is 1. The molecule has 2 N–H and O–H groups in total. The van der Waals surface area contributed by atoms with E-state index >= 15 is 0 Å². The molecule has 0 saturated heterocycles. The SMILES string of the molecule is Cc1ccccc1S(=O)(=O)Nc1ncn[nH]1. The van der Waals surface area contributed by atoms with E-state index in [9.17, 15) is 8.42 Å². The van der Waals surface area contributed by atoms with Crippen LogP contribution in [0.15, 0.2) is 35.5 Å². The molecule has 0 atom stereocenters. The Balaban J connectivity index is 2.37. The Morgan fingerprint density at radius 1 is 1.31 bits per heavy atom. The fourth-order valence-electron chi connectivity index (χ4n) is 1.29. The van der Waals surface area contributed by atoms with Crippen LogP contribution in [0.1, 0.15) is 5.56 Å². The summed E-state index contributed by atoms with van der Waals surface area (Å²) in [6.45, 7) is 1.73. The van der Waals surface area contributed by atoms with E-state index in [0.29, 0.717) is 5.56 Å². The Morgan fingerprint density at radius 2 is 2.06 bits per heavy atom. The van der Waals surface area contributed by atoms with Gasteiger partial charge in [-0.15, -0.1) is 0 Å². The van der Waals surface area contributed by atoms with Gasteiger partial charge in [0.2, 0.25) is 5.95 Å². The highest BCUT2D eigenvalue weighted by Crippen LogP contribution is 2.16. The number of nitrogens with one attached hydrogen (secondary N) is 2. The summed E-state index contributed by atoms with van der Waals surface area (Å²) in [6, 6.07) is 6.72. The summed E-state index contributed by atoms with van der Waals surface area (Å²) in [5, 5.41) is 5.99. The molecule has 2 rings (SSSR count). The van der Waals surface area contributed by atoms with Gasteiger partial charge in [0.1, 0.15) is 6.33 Å². The zero-order valence-corrected chi connectivity index (χ0v) is 9.32.